The highest BCUT2D eigenvalue weighted by Crippen LogP contribution is 2.40. The molecule has 1 aromatic rings. The molecule has 1 aliphatic rings. The summed E-state index contributed by atoms with van der Waals surface area (Å²) in [5, 5.41) is 12.2. The van der Waals surface area contributed by atoms with E-state index in [1.165, 1.54) is 30.2 Å². The number of hydrogen-bond acceptors (Lipinski definition) is 6. The topological polar surface area (TPSA) is 95.9 Å². The summed E-state index contributed by atoms with van der Waals surface area (Å²) in [6.45, 7) is 3.63. The number of rotatable bonds is 6. The molecular formula is C16H22N2O5S2. The van der Waals surface area contributed by atoms with Gasteiger partial charge in [0.1, 0.15) is 5.00 Å². The van der Waals surface area contributed by atoms with Gasteiger partial charge in [-0.1, -0.05) is 6.92 Å². The fourth-order valence-corrected chi connectivity index (χ4v) is 4.86. The first-order valence-electron chi connectivity index (χ1n) is 7.99. The number of carboxylic acid groups (broad SMARTS) is 1. The molecule has 2 amide bonds. The maximum atomic E-state index is 12.4. The van der Waals surface area contributed by atoms with E-state index in [1.54, 1.807) is 18.7 Å². The first-order chi connectivity index (χ1) is 11.8. The van der Waals surface area contributed by atoms with Crippen LogP contribution in [0.25, 0.3) is 0 Å². The van der Waals surface area contributed by atoms with Crippen molar-refractivity contribution in [2.24, 2.45) is 5.92 Å². The zero-order valence-electron chi connectivity index (χ0n) is 14.5. The highest BCUT2D eigenvalue weighted by Gasteiger charge is 2.28. The van der Waals surface area contributed by atoms with Gasteiger partial charge in [0, 0.05) is 24.2 Å². The van der Waals surface area contributed by atoms with Crippen LogP contribution in [0.3, 0.4) is 0 Å². The van der Waals surface area contributed by atoms with Crippen LogP contribution < -0.4 is 5.32 Å². The molecule has 7 nitrogen and oxygen atoms in total. The first kappa shape index (κ1) is 19.6. The molecule has 0 fully saturated rings. The van der Waals surface area contributed by atoms with Crippen LogP contribution in [0.1, 0.15) is 34.6 Å². The largest absolute Gasteiger partial charge is 0.481 e. The third kappa shape index (κ3) is 4.66. The number of amides is 2. The van der Waals surface area contributed by atoms with Gasteiger partial charge in [-0.2, -0.15) is 11.8 Å². The molecule has 0 saturated heterocycles. The van der Waals surface area contributed by atoms with Crippen molar-refractivity contribution >= 4 is 46.1 Å². The molecule has 0 aromatic carbocycles. The van der Waals surface area contributed by atoms with Crippen LogP contribution in [0, 0.1) is 5.92 Å². The summed E-state index contributed by atoms with van der Waals surface area (Å²) in [6, 6.07) is -0.440. The lowest BCUT2D eigenvalue weighted by Crippen LogP contribution is -2.36. The molecule has 138 valence electrons. The van der Waals surface area contributed by atoms with Gasteiger partial charge >= 0.3 is 18.0 Å². The zero-order chi connectivity index (χ0) is 18.6. The number of carbonyl (C=O) groups is 3. The number of carboxylic acids is 1. The van der Waals surface area contributed by atoms with Crippen LogP contribution in [0.5, 0.6) is 0 Å². The number of esters is 1. The van der Waals surface area contributed by atoms with Gasteiger partial charge in [0.15, 0.2) is 0 Å². The van der Waals surface area contributed by atoms with Crippen LogP contribution in [0.2, 0.25) is 0 Å². The Hall–Kier alpha value is -1.74. The number of fused-ring (bicyclic) bond motifs is 1. The predicted octanol–water partition coefficient (Wildman–Crippen LogP) is 2.90. The van der Waals surface area contributed by atoms with Gasteiger partial charge in [-0.25, -0.2) is 9.59 Å². The number of urea groups is 1. The zero-order valence-corrected chi connectivity index (χ0v) is 16.1. The monoisotopic (exact) mass is 386 g/mol. The number of thiophene rings is 1. The number of nitrogens with one attached hydrogen (secondary N) is 1. The van der Waals surface area contributed by atoms with Gasteiger partial charge in [-0.15, -0.1) is 11.3 Å². The number of aliphatic carboxylic acids is 1. The molecule has 0 radical (unpaired) electrons. The highest BCUT2D eigenvalue weighted by molar-refractivity contribution is 7.98. The molecule has 1 unspecified atom stereocenters. The lowest BCUT2D eigenvalue weighted by molar-refractivity contribution is -0.141. The minimum absolute atomic E-state index is 0.0802. The predicted molar refractivity (Wildman–Crippen MR) is 98.6 cm³/mol. The van der Waals surface area contributed by atoms with E-state index in [1.807, 2.05) is 0 Å². The number of nitrogens with zero attached hydrogens (tertiary/aromatic N) is 1. The summed E-state index contributed by atoms with van der Waals surface area (Å²) in [5.74, 6) is -0.319. The molecule has 2 N–H and O–H groups in total. The number of anilines is 1. The molecule has 2 rings (SSSR count). The number of ether oxygens (including phenoxy) is 1. The average molecular weight is 386 g/mol. The summed E-state index contributed by atoms with van der Waals surface area (Å²) in [6.07, 6.45) is 0.770. The molecule has 25 heavy (non-hydrogen) atoms. The van der Waals surface area contributed by atoms with Crippen LogP contribution in [-0.4, -0.2) is 53.9 Å². The molecule has 0 spiro atoms. The Kier molecular flexibility index (Phi) is 6.71. The molecular weight excluding hydrogens is 364 g/mol. The normalized spacial score (nSPS) is 14.4. The maximum absolute atomic E-state index is 12.4. The molecule has 1 aliphatic heterocycles. The Morgan fingerprint density at radius 3 is 2.76 bits per heavy atom. The van der Waals surface area contributed by atoms with Crippen LogP contribution in [-0.2, 0) is 21.7 Å². The first-order valence-corrected chi connectivity index (χ1v) is 9.96. The van der Waals surface area contributed by atoms with Crippen molar-refractivity contribution in [1.29, 1.82) is 0 Å². The Labute approximate surface area is 154 Å². The maximum Gasteiger partial charge on any atom is 0.341 e. The summed E-state index contributed by atoms with van der Waals surface area (Å²) in [7, 11) is 1.53. The molecule has 2 heterocycles. The van der Waals surface area contributed by atoms with Gasteiger partial charge in [-0.05, 0) is 24.7 Å². The lowest BCUT2D eigenvalue weighted by Gasteiger charge is -2.20. The van der Waals surface area contributed by atoms with Gasteiger partial charge in [0.25, 0.3) is 0 Å². The Balaban J connectivity index is 2.20. The van der Waals surface area contributed by atoms with Crippen molar-refractivity contribution < 1.29 is 24.2 Å². The van der Waals surface area contributed by atoms with Gasteiger partial charge in [-0.3, -0.25) is 10.1 Å². The molecule has 0 bridgehead atoms. The van der Waals surface area contributed by atoms with Crippen LogP contribution >= 0.6 is 23.1 Å². The average Bonchev–Trinajstić information content (AvgIpc) is 2.92. The third-order valence-electron chi connectivity index (χ3n) is 3.84. The SMILES string of the molecule is CCOC(=O)c1c(NC(=O)N(C)CC(C)C(=O)O)sc2c1CCSC2. The second kappa shape index (κ2) is 8.57. The van der Waals surface area contributed by atoms with Crippen molar-refractivity contribution in [1.82, 2.24) is 4.90 Å². The van der Waals surface area contributed by atoms with E-state index in [0.717, 1.165) is 28.4 Å². The smallest absolute Gasteiger partial charge is 0.341 e. The fourth-order valence-electron chi connectivity index (χ4n) is 2.50. The molecule has 9 heteroatoms. The molecule has 0 saturated carbocycles. The van der Waals surface area contributed by atoms with Crippen LogP contribution in [0.4, 0.5) is 9.80 Å². The van der Waals surface area contributed by atoms with Crippen molar-refractivity contribution in [3.05, 3.63) is 16.0 Å². The summed E-state index contributed by atoms with van der Waals surface area (Å²) < 4.78 is 5.15. The molecule has 0 aliphatic carbocycles. The van der Waals surface area contributed by atoms with E-state index >= 15 is 0 Å². The van der Waals surface area contributed by atoms with Crippen molar-refractivity contribution in [3.63, 3.8) is 0 Å². The standard InChI is InChI=1S/C16H22N2O5S2/c1-4-23-15(21)12-10-5-6-24-8-11(10)25-13(12)17-16(22)18(3)7-9(2)14(19)20/h9H,4-8H2,1-3H3,(H,17,22)(H,19,20). The number of carbonyl (C=O) groups excluding carboxylic acids is 2. The van der Waals surface area contributed by atoms with Gasteiger partial charge in [0.05, 0.1) is 18.1 Å². The quantitative estimate of drug-likeness (QED) is 0.730. The van der Waals surface area contributed by atoms with E-state index in [2.05, 4.69) is 5.32 Å². The summed E-state index contributed by atoms with van der Waals surface area (Å²) >= 11 is 3.18. The summed E-state index contributed by atoms with van der Waals surface area (Å²) in [4.78, 5) is 38.1. The Morgan fingerprint density at radius 1 is 1.40 bits per heavy atom. The summed E-state index contributed by atoms with van der Waals surface area (Å²) in [5.41, 5.74) is 1.40. The number of hydrogen-bond donors (Lipinski definition) is 2. The van der Waals surface area contributed by atoms with E-state index in [4.69, 9.17) is 9.84 Å². The van der Waals surface area contributed by atoms with Gasteiger partial charge in [0.2, 0.25) is 0 Å². The van der Waals surface area contributed by atoms with Crippen molar-refractivity contribution in [2.75, 3.05) is 31.3 Å². The third-order valence-corrected chi connectivity index (χ3v) is 6.15. The van der Waals surface area contributed by atoms with Crippen molar-refractivity contribution in [3.8, 4) is 0 Å². The van der Waals surface area contributed by atoms with Crippen molar-refractivity contribution in [2.45, 2.75) is 26.0 Å². The van der Waals surface area contributed by atoms with Crippen LogP contribution in [0.15, 0.2) is 0 Å². The Bertz CT molecular complexity index is 674. The van der Waals surface area contributed by atoms with E-state index < -0.39 is 23.9 Å². The fraction of sp³-hybridized carbons (Fsp3) is 0.562. The number of thioether (sulfide) groups is 1. The highest BCUT2D eigenvalue weighted by atomic mass is 32.2. The van der Waals surface area contributed by atoms with E-state index in [9.17, 15) is 14.4 Å². The second-order valence-corrected chi connectivity index (χ2v) is 7.99. The lowest BCUT2D eigenvalue weighted by atomic mass is 10.1. The molecule has 1 atom stereocenters. The molecule has 1 aromatic heterocycles. The second-order valence-electron chi connectivity index (χ2n) is 5.78. The Morgan fingerprint density at radius 2 is 2.12 bits per heavy atom. The van der Waals surface area contributed by atoms with E-state index in [0.29, 0.717) is 10.6 Å². The minimum Gasteiger partial charge on any atom is -0.481 e. The van der Waals surface area contributed by atoms with Gasteiger partial charge < -0.3 is 14.7 Å². The minimum atomic E-state index is -0.963. The van der Waals surface area contributed by atoms with E-state index in [-0.39, 0.29) is 13.2 Å².